The van der Waals surface area contributed by atoms with Crippen molar-refractivity contribution in [1.82, 2.24) is 4.98 Å². The first kappa shape index (κ1) is 17.5. The molecule has 128 valence electrons. The van der Waals surface area contributed by atoms with E-state index in [1.165, 1.54) is 0 Å². The number of amides is 1. The molecule has 3 N–H and O–H groups in total. The summed E-state index contributed by atoms with van der Waals surface area (Å²) in [7, 11) is 0. The number of nitrogens with zero attached hydrogens (tertiary/aromatic N) is 2. The van der Waals surface area contributed by atoms with Crippen molar-refractivity contribution in [3.63, 3.8) is 0 Å². The second-order valence-electron chi connectivity index (χ2n) is 5.76. The Balaban J connectivity index is 1.87. The quantitative estimate of drug-likeness (QED) is 0.721. The second-order valence-corrected chi connectivity index (χ2v) is 6.16. The normalized spacial score (nSPS) is 10.2. The largest absolute Gasteiger partial charge is 0.383 e. The zero-order valence-corrected chi connectivity index (χ0v) is 14.7. The first-order valence-electron chi connectivity index (χ1n) is 7.82. The van der Waals surface area contributed by atoms with Gasteiger partial charge in [-0.2, -0.15) is 5.26 Å². The molecule has 5 nitrogen and oxygen atoms in total. The van der Waals surface area contributed by atoms with Crippen LogP contribution in [0.25, 0.3) is 11.1 Å². The third kappa shape index (κ3) is 3.66. The van der Waals surface area contributed by atoms with Gasteiger partial charge in [0.05, 0.1) is 11.6 Å². The molecule has 0 fully saturated rings. The summed E-state index contributed by atoms with van der Waals surface area (Å²) in [4.78, 5) is 16.5. The number of pyridine rings is 1. The van der Waals surface area contributed by atoms with Crippen molar-refractivity contribution in [3.05, 3.63) is 76.3 Å². The molecule has 1 amide bonds. The maximum atomic E-state index is 12.3. The van der Waals surface area contributed by atoms with E-state index >= 15 is 0 Å². The molecule has 0 aliphatic rings. The van der Waals surface area contributed by atoms with Crippen molar-refractivity contribution >= 4 is 29.1 Å². The Labute approximate surface area is 156 Å². The van der Waals surface area contributed by atoms with Crippen LogP contribution in [0.4, 0.5) is 11.6 Å². The van der Waals surface area contributed by atoms with Gasteiger partial charge in [0.15, 0.2) is 0 Å². The van der Waals surface area contributed by atoms with Crippen LogP contribution in [-0.2, 0) is 0 Å². The molecule has 0 spiro atoms. The molecule has 0 aliphatic carbocycles. The Kier molecular flexibility index (Phi) is 4.87. The van der Waals surface area contributed by atoms with Crippen LogP contribution in [0.2, 0.25) is 5.02 Å². The summed E-state index contributed by atoms with van der Waals surface area (Å²) >= 11 is 6.21. The number of hydrogen-bond acceptors (Lipinski definition) is 4. The predicted molar refractivity (Wildman–Crippen MR) is 103 cm³/mol. The molecule has 0 saturated heterocycles. The number of hydrogen-bond donors (Lipinski definition) is 2. The molecule has 2 aromatic carbocycles. The lowest BCUT2D eigenvalue weighted by molar-refractivity contribution is 0.102. The van der Waals surface area contributed by atoms with Crippen LogP contribution in [0, 0.1) is 18.3 Å². The third-order valence-electron chi connectivity index (χ3n) is 3.87. The highest BCUT2D eigenvalue weighted by Gasteiger charge is 2.12. The number of anilines is 2. The zero-order chi connectivity index (χ0) is 18.7. The Hall–Kier alpha value is -3.36. The van der Waals surface area contributed by atoms with Crippen LogP contribution in [0.5, 0.6) is 0 Å². The minimum absolute atomic E-state index is 0.212. The molecule has 3 rings (SSSR count). The molecule has 3 aromatic rings. The fourth-order valence-electron chi connectivity index (χ4n) is 2.47. The van der Waals surface area contributed by atoms with Gasteiger partial charge in [-0.15, -0.1) is 0 Å². The molecule has 0 radical (unpaired) electrons. The highest BCUT2D eigenvalue weighted by atomic mass is 35.5. The highest BCUT2D eigenvalue weighted by molar-refractivity contribution is 6.33. The second kappa shape index (κ2) is 7.26. The lowest BCUT2D eigenvalue weighted by atomic mass is 10.0. The number of nitrogen functional groups attached to an aromatic ring is 1. The van der Waals surface area contributed by atoms with Gasteiger partial charge < -0.3 is 11.1 Å². The first-order valence-corrected chi connectivity index (χ1v) is 8.20. The third-order valence-corrected chi connectivity index (χ3v) is 4.20. The summed E-state index contributed by atoms with van der Waals surface area (Å²) in [5.74, 6) is 0.280. The van der Waals surface area contributed by atoms with Crippen molar-refractivity contribution in [2.45, 2.75) is 6.92 Å². The van der Waals surface area contributed by atoms with E-state index in [0.717, 1.165) is 5.56 Å². The van der Waals surface area contributed by atoms with E-state index in [9.17, 15) is 4.79 Å². The molecule has 0 bridgehead atoms. The number of halogens is 1. The van der Waals surface area contributed by atoms with Crippen molar-refractivity contribution in [2.75, 3.05) is 11.1 Å². The summed E-state index contributed by atoms with van der Waals surface area (Å²) in [6.45, 7) is 1.95. The number of carbonyl (C=O) groups is 1. The smallest absolute Gasteiger partial charge is 0.256 e. The average molecular weight is 363 g/mol. The van der Waals surface area contributed by atoms with Crippen LogP contribution >= 0.6 is 11.6 Å². The molecular weight excluding hydrogens is 348 g/mol. The monoisotopic (exact) mass is 362 g/mol. The number of nitriles is 1. The lowest BCUT2D eigenvalue weighted by Crippen LogP contribution is -2.13. The van der Waals surface area contributed by atoms with Gasteiger partial charge in [0, 0.05) is 21.7 Å². The van der Waals surface area contributed by atoms with E-state index in [0.29, 0.717) is 33.1 Å². The SMILES string of the molecule is Cc1ccc(C(=O)Nc2ccc(-c3cc(C#N)ccc3Cl)c(N)n2)cc1. The fourth-order valence-corrected chi connectivity index (χ4v) is 2.69. The van der Waals surface area contributed by atoms with Gasteiger partial charge in [-0.05, 0) is 49.4 Å². The van der Waals surface area contributed by atoms with Crippen LogP contribution in [0.1, 0.15) is 21.5 Å². The molecular formula is C20H15ClN4O. The average Bonchev–Trinajstić information content (AvgIpc) is 2.63. The molecule has 6 heteroatoms. The minimum Gasteiger partial charge on any atom is -0.383 e. The summed E-state index contributed by atoms with van der Waals surface area (Å²) in [6.07, 6.45) is 0. The molecule has 1 aromatic heterocycles. The molecule has 1 heterocycles. The minimum atomic E-state index is -0.269. The zero-order valence-electron chi connectivity index (χ0n) is 14.0. The Morgan fingerprint density at radius 2 is 1.85 bits per heavy atom. The summed E-state index contributed by atoms with van der Waals surface area (Å²) in [5.41, 5.74) is 9.34. The van der Waals surface area contributed by atoms with Gasteiger partial charge in [0.1, 0.15) is 11.6 Å². The van der Waals surface area contributed by atoms with Gasteiger partial charge in [-0.3, -0.25) is 4.79 Å². The van der Waals surface area contributed by atoms with Crippen LogP contribution in [-0.4, -0.2) is 10.9 Å². The number of nitrogens with two attached hydrogens (primary N) is 1. The predicted octanol–water partition coefficient (Wildman–Crippen LogP) is 4.42. The van der Waals surface area contributed by atoms with E-state index in [1.807, 2.05) is 19.1 Å². The Bertz CT molecular complexity index is 1020. The summed E-state index contributed by atoms with van der Waals surface area (Å²) in [6, 6.07) is 17.6. The lowest BCUT2D eigenvalue weighted by Gasteiger charge is -2.10. The summed E-state index contributed by atoms with van der Waals surface area (Å²) in [5, 5.41) is 12.2. The number of carbonyl (C=O) groups excluding carboxylic acids is 1. The van der Waals surface area contributed by atoms with Crippen molar-refractivity contribution in [3.8, 4) is 17.2 Å². The van der Waals surface area contributed by atoms with Crippen LogP contribution in [0.3, 0.4) is 0 Å². The van der Waals surface area contributed by atoms with Gasteiger partial charge in [0.25, 0.3) is 5.91 Å². The standard InChI is InChI=1S/C20H15ClN4O/c1-12-2-5-14(6-3-12)20(26)25-18-9-7-15(19(23)24-18)16-10-13(11-22)4-8-17(16)21/h2-10H,1H3,(H3,23,24,25,26). The topological polar surface area (TPSA) is 91.8 Å². The van der Waals surface area contributed by atoms with Gasteiger partial charge in [0.2, 0.25) is 0 Å². The highest BCUT2D eigenvalue weighted by Crippen LogP contribution is 2.32. The van der Waals surface area contributed by atoms with Gasteiger partial charge in [-0.1, -0.05) is 29.3 Å². The Morgan fingerprint density at radius 1 is 1.12 bits per heavy atom. The molecule has 0 saturated carbocycles. The molecule has 0 aliphatic heterocycles. The van der Waals surface area contributed by atoms with E-state index in [1.54, 1.807) is 42.5 Å². The van der Waals surface area contributed by atoms with E-state index in [-0.39, 0.29) is 11.7 Å². The van der Waals surface area contributed by atoms with Crippen molar-refractivity contribution < 1.29 is 4.79 Å². The maximum absolute atomic E-state index is 12.3. The van der Waals surface area contributed by atoms with E-state index in [2.05, 4.69) is 16.4 Å². The maximum Gasteiger partial charge on any atom is 0.256 e. The van der Waals surface area contributed by atoms with Crippen LogP contribution < -0.4 is 11.1 Å². The number of benzene rings is 2. The van der Waals surface area contributed by atoms with Gasteiger partial charge in [-0.25, -0.2) is 4.98 Å². The van der Waals surface area contributed by atoms with Crippen molar-refractivity contribution in [2.24, 2.45) is 0 Å². The molecule has 26 heavy (non-hydrogen) atoms. The van der Waals surface area contributed by atoms with E-state index in [4.69, 9.17) is 22.6 Å². The van der Waals surface area contributed by atoms with E-state index < -0.39 is 0 Å². The fraction of sp³-hybridized carbons (Fsp3) is 0.0500. The summed E-state index contributed by atoms with van der Waals surface area (Å²) < 4.78 is 0. The van der Waals surface area contributed by atoms with Crippen molar-refractivity contribution in [1.29, 1.82) is 5.26 Å². The number of nitrogens with one attached hydrogen (secondary N) is 1. The van der Waals surface area contributed by atoms with Gasteiger partial charge >= 0.3 is 0 Å². The number of rotatable bonds is 3. The molecule has 0 atom stereocenters. The number of aromatic nitrogens is 1. The first-order chi connectivity index (χ1) is 12.5. The number of aryl methyl sites for hydroxylation is 1. The Morgan fingerprint density at radius 3 is 2.50 bits per heavy atom. The van der Waals surface area contributed by atoms with Crippen LogP contribution in [0.15, 0.2) is 54.6 Å². The molecule has 0 unspecified atom stereocenters.